The highest BCUT2D eigenvalue weighted by molar-refractivity contribution is 5.95. The summed E-state index contributed by atoms with van der Waals surface area (Å²) in [6, 6.07) is 18.4. The topological polar surface area (TPSA) is 46.5 Å². The molecule has 1 atom stereocenters. The zero-order valence-electron chi connectivity index (χ0n) is 13.8. The van der Waals surface area contributed by atoms with Crippen LogP contribution in [0.1, 0.15) is 5.56 Å². The third kappa shape index (κ3) is 3.14. The van der Waals surface area contributed by atoms with E-state index in [9.17, 15) is 18.0 Å². The number of carboxylic acid groups (broad SMARTS) is 1. The maximum Gasteiger partial charge on any atom is 0.430 e. The van der Waals surface area contributed by atoms with Crippen molar-refractivity contribution in [3.8, 4) is 16.9 Å². The molecule has 3 aromatic rings. The molecule has 1 aliphatic heterocycles. The molecule has 27 heavy (non-hydrogen) atoms. The van der Waals surface area contributed by atoms with Gasteiger partial charge in [-0.3, -0.25) is 0 Å². The van der Waals surface area contributed by atoms with Crippen molar-refractivity contribution >= 4 is 22.8 Å². The molecule has 136 valence electrons. The Balaban J connectivity index is 1.79. The fraction of sp³-hybridized carbons (Fsp3) is 0.0952. The van der Waals surface area contributed by atoms with E-state index >= 15 is 0 Å². The minimum absolute atomic E-state index is 0.00636. The minimum atomic E-state index is -4.81. The molecule has 0 aliphatic carbocycles. The van der Waals surface area contributed by atoms with E-state index in [0.29, 0.717) is 5.56 Å². The van der Waals surface area contributed by atoms with Crippen LogP contribution >= 0.6 is 0 Å². The number of hydrogen-bond acceptors (Lipinski definition) is 2. The highest BCUT2D eigenvalue weighted by atomic mass is 19.4. The number of benzene rings is 3. The SMILES string of the molecule is O=C(O)C1=Cc2cc(-c3ccc4ccccc4c3)ccc2OC1C(F)(F)F. The first kappa shape index (κ1) is 17.1. The number of fused-ring (bicyclic) bond motifs is 2. The van der Waals surface area contributed by atoms with E-state index in [2.05, 4.69) is 0 Å². The third-order valence-electron chi connectivity index (χ3n) is 4.48. The van der Waals surface area contributed by atoms with Gasteiger partial charge < -0.3 is 9.84 Å². The van der Waals surface area contributed by atoms with Crippen LogP contribution in [0.15, 0.2) is 66.2 Å². The summed E-state index contributed by atoms with van der Waals surface area (Å²) in [7, 11) is 0. The molecule has 6 heteroatoms. The molecule has 0 saturated carbocycles. The third-order valence-corrected chi connectivity index (χ3v) is 4.48. The molecule has 3 aromatic carbocycles. The van der Waals surface area contributed by atoms with Gasteiger partial charge in [-0.2, -0.15) is 13.2 Å². The highest BCUT2D eigenvalue weighted by Crippen LogP contribution is 2.39. The van der Waals surface area contributed by atoms with Crippen LogP contribution in [0.2, 0.25) is 0 Å². The highest BCUT2D eigenvalue weighted by Gasteiger charge is 2.48. The minimum Gasteiger partial charge on any atom is -0.478 e. The molecule has 1 heterocycles. The molecule has 3 nitrogen and oxygen atoms in total. The molecule has 0 aromatic heterocycles. The summed E-state index contributed by atoms with van der Waals surface area (Å²) in [6.45, 7) is 0. The van der Waals surface area contributed by atoms with Crippen LogP contribution in [0, 0.1) is 0 Å². The van der Waals surface area contributed by atoms with Crippen molar-refractivity contribution in [2.75, 3.05) is 0 Å². The maximum absolute atomic E-state index is 13.1. The predicted octanol–water partition coefficient (Wildman–Crippen LogP) is 5.30. The van der Waals surface area contributed by atoms with Crippen LogP contribution in [0.4, 0.5) is 13.2 Å². The standard InChI is InChI=1S/C21H13F3O3/c22-21(23,24)19-17(20(25)26)11-16-10-15(7-8-18(16)27-19)14-6-5-12-3-1-2-4-13(12)9-14/h1-11,19H,(H,25,26). The van der Waals surface area contributed by atoms with Crippen molar-refractivity contribution < 1.29 is 27.8 Å². The Bertz CT molecular complexity index is 1080. The number of aliphatic carboxylic acids is 1. The van der Waals surface area contributed by atoms with E-state index in [4.69, 9.17) is 9.84 Å². The van der Waals surface area contributed by atoms with Crippen molar-refractivity contribution in [1.29, 1.82) is 0 Å². The summed E-state index contributed by atoms with van der Waals surface area (Å²) >= 11 is 0. The van der Waals surface area contributed by atoms with Gasteiger partial charge in [-0.25, -0.2) is 4.79 Å². The van der Waals surface area contributed by atoms with Gasteiger partial charge in [0, 0.05) is 5.56 Å². The van der Waals surface area contributed by atoms with Gasteiger partial charge in [0.05, 0.1) is 5.57 Å². The number of carbonyl (C=O) groups is 1. The van der Waals surface area contributed by atoms with Crippen LogP contribution in [0.5, 0.6) is 5.75 Å². The fourth-order valence-electron chi connectivity index (χ4n) is 3.17. The molecule has 4 rings (SSSR count). The second-order valence-electron chi connectivity index (χ2n) is 6.26. The lowest BCUT2D eigenvalue weighted by Crippen LogP contribution is -2.40. The smallest absolute Gasteiger partial charge is 0.430 e. The Kier molecular flexibility index (Phi) is 3.91. The number of halogens is 3. The lowest BCUT2D eigenvalue weighted by molar-refractivity contribution is -0.187. The summed E-state index contributed by atoms with van der Waals surface area (Å²) in [5, 5.41) is 11.3. The second-order valence-corrected chi connectivity index (χ2v) is 6.26. The van der Waals surface area contributed by atoms with Crippen LogP contribution in [0.25, 0.3) is 28.0 Å². The number of ether oxygens (including phenoxy) is 1. The Labute approximate surface area is 152 Å². The van der Waals surface area contributed by atoms with Gasteiger partial charge in [0.15, 0.2) is 0 Å². The van der Waals surface area contributed by atoms with Crippen molar-refractivity contribution in [2.45, 2.75) is 12.3 Å². The summed E-state index contributed by atoms with van der Waals surface area (Å²) in [5.74, 6) is -1.65. The first-order chi connectivity index (χ1) is 12.8. The predicted molar refractivity (Wildman–Crippen MR) is 95.5 cm³/mol. The van der Waals surface area contributed by atoms with Crippen LogP contribution in [-0.2, 0) is 4.79 Å². The van der Waals surface area contributed by atoms with Crippen LogP contribution in [-0.4, -0.2) is 23.4 Å². The summed E-state index contributed by atoms with van der Waals surface area (Å²) in [5.41, 5.74) is 1.11. The van der Waals surface area contributed by atoms with Crippen LogP contribution < -0.4 is 4.74 Å². The molecule has 1 unspecified atom stereocenters. The number of alkyl halides is 3. The van der Waals surface area contributed by atoms with Crippen molar-refractivity contribution in [1.82, 2.24) is 0 Å². The van der Waals surface area contributed by atoms with Gasteiger partial charge >= 0.3 is 12.1 Å². The van der Waals surface area contributed by atoms with E-state index < -0.39 is 23.8 Å². The van der Waals surface area contributed by atoms with Gasteiger partial charge in [-0.1, -0.05) is 42.5 Å². The molecular weight excluding hydrogens is 357 g/mol. The molecule has 0 amide bonds. The summed E-state index contributed by atoms with van der Waals surface area (Å²) in [4.78, 5) is 11.3. The van der Waals surface area contributed by atoms with Gasteiger partial charge in [0.1, 0.15) is 5.75 Å². The lowest BCUT2D eigenvalue weighted by atomic mass is 9.96. The fourth-order valence-corrected chi connectivity index (χ4v) is 3.17. The van der Waals surface area contributed by atoms with Crippen LogP contribution in [0.3, 0.4) is 0 Å². The quantitative estimate of drug-likeness (QED) is 0.666. The Hall–Kier alpha value is -3.28. The molecule has 1 N–H and O–H groups in total. The molecular formula is C21H13F3O3. The molecule has 0 fully saturated rings. The average molecular weight is 370 g/mol. The number of hydrogen-bond donors (Lipinski definition) is 1. The van der Waals surface area contributed by atoms with E-state index in [-0.39, 0.29) is 5.75 Å². The van der Waals surface area contributed by atoms with Crippen molar-refractivity contribution in [3.05, 3.63) is 71.8 Å². The Morgan fingerprint density at radius 1 is 0.926 bits per heavy atom. The van der Waals surface area contributed by atoms with Gasteiger partial charge in [-0.05, 0) is 46.2 Å². The summed E-state index contributed by atoms with van der Waals surface area (Å²) < 4.78 is 44.3. The second kappa shape index (κ2) is 6.16. The summed E-state index contributed by atoms with van der Waals surface area (Å²) in [6.07, 6.45) is -6.25. The molecule has 0 radical (unpaired) electrons. The van der Waals surface area contributed by atoms with Gasteiger partial charge in [0.2, 0.25) is 6.10 Å². The Morgan fingerprint density at radius 3 is 2.30 bits per heavy atom. The number of carboxylic acids is 1. The average Bonchev–Trinajstić information content (AvgIpc) is 2.65. The monoisotopic (exact) mass is 370 g/mol. The normalized spacial score (nSPS) is 16.4. The molecule has 0 spiro atoms. The van der Waals surface area contributed by atoms with Crippen molar-refractivity contribution in [2.24, 2.45) is 0 Å². The maximum atomic E-state index is 13.1. The lowest BCUT2D eigenvalue weighted by Gasteiger charge is -2.27. The van der Waals surface area contributed by atoms with Crippen molar-refractivity contribution in [3.63, 3.8) is 0 Å². The van der Waals surface area contributed by atoms with E-state index in [1.54, 1.807) is 12.1 Å². The van der Waals surface area contributed by atoms with E-state index in [0.717, 1.165) is 28.0 Å². The molecule has 0 bridgehead atoms. The van der Waals surface area contributed by atoms with E-state index in [1.807, 2.05) is 42.5 Å². The zero-order valence-corrected chi connectivity index (χ0v) is 13.8. The first-order valence-corrected chi connectivity index (χ1v) is 8.14. The van der Waals surface area contributed by atoms with Gasteiger partial charge in [-0.15, -0.1) is 0 Å². The van der Waals surface area contributed by atoms with Gasteiger partial charge in [0.25, 0.3) is 0 Å². The first-order valence-electron chi connectivity index (χ1n) is 8.14. The van der Waals surface area contributed by atoms with E-state index in [1.165, 1.54) is 6.07 Å². The molecule has 1 aliphatic rings. The zero-order chi connectivity index (χ0) is 19.2. The number of rotatable bonds is 2. The Morgan fingerprint density at radius 2 is 1.59 bits per heavy atom. The molecule has 0 saturated heterocycles. The largest absolute Gasteiger partial charge is 0.478 e.